The molecule has 0 amide bonds. The molecule has 0 N–H and O–H groups in total. The van der Waals surface area contributed by atoms with Crippen LogP contribution in [0.25, 0.3) is 0 Å². The van der Waals surface area contributed by atoms with Gasteiger partial charge in [0.1, 0.15) is 0 Å². The molecule has 0 bridgehead atoms. The minimum atomic E-state index is 0.0497. The van der Waals surface area contributed by atoms with Crippen LogP contribution in [-0.2, 0) is 11.2 Å². The largest absolute Gasteiger partial charge is 0.294 e. The summed E-state index contributed by atoms with van der Waals surface area (Å²) in [5.41, 5.74) is 1.38. The highest BCUT2D eigenvalue weighted by atomic mass is 16.1. The number of pyridine rings is 1. The Morgan fingerprint density at radius 3 is 2.83 bits per heavy atom. The Bertz CT molecular complexity index is 290. The Kier molecular flexibility index (Phi) is 2.75. The van der Waals surface area contributed by atoms with E-state index in [1.165, 1.54) is 0 Å². The van der Waals surface area contributed by atoms with E-state index in [0.29, 0.717) is 12.0 Å². The molecule has 12 heavy (non-hydrogen) atoms. The second-order valence-electron chi connectivity index (χ2n) is 2.70. The lowest BCUT2D eigenvalue weighted by Gasteiger charge is -1.97. The van der Waals surface area contributed by atoms with Crippen molar-refractivity contribution in [3.63, 3.8) is 0 Å². The summed E-state index contributed by atoms with van der Waals surface area (Å²) < 4.78 is 0. The number of Topliss-reactive ketones (excluding diaryl/α,β-unsaturated/α-hetero) is 1. The third kappa shape index (κ3) is 2.31. The molecule has 2 nitrogen and oxygen atoms in total. The van der Waals surface area contributed by atoms with Crippen LogP contribution in [0.2, 0.25) is 0 Å². The molecule has 1 heterocycles. The van der Waals surface area contributed by atoms with Crippen molar-refractivity contribution in [2.75, 3.05) is 0 Å². The Balaban J connectivity index is 2.65. The minimum Gasteiger partial charge on any atom is -0.294 e. The number of carbonyl (C=O) groups is 1. The van der Waals surface area contributed by atoms with Crippen molar-refractivity contribution in [3.8, 4) is 0 Å². The zero-order valence-corrected chi connectivity index (χ0v) is 7.08. The zero-order chi connectivity index (χ0) is 8.97. The van der Waals surface area contributed by atoms with Crippen molar-refractivity contribution in [1.82, 2.24) is 4.98 Å². The molecule has 0 aliphatic heterocycles. The first-order valence-corrected chi connectivity index (χ1v) is 3.79. The Hall–Kier alpha value is -1.44. The van der Waals surface area contributed by atoms with Crippen LogP contribution in [0, 0.1) is 0 Å². The van der Waals surface area contributed by atoms with Gasteiger partial charge in [-0.05, 0) is 24.6 Å². The van der Waals surface area contributed by atoms with E-state index < -0.39 is 0 Å². The van der Waals surface area contributed by atoms with Crippen LogP contribution in [0.15, 0.2) is 36.5 Å². The standard InChI is InChI=1S/C10H11NO/c1-8(2)10(12)7-9-5-3-4-6-11-9/h3-6H,1,7H2,2H3. The fraction of sp³-hybridized carbons (Fsp3) is 0.200. The minimum absolute atomic E-state index is 0.0497. The molecule has 0 unspecified atom stereocenters. The first-order chi connectivity index (χ1) is 5.70. The first kappa shape index (κ1) is 8.65. The molecule has 0 aromatic carbocycles. The van der Waals surface area contributed by atoms with Crippen molar-refractivity contribution in [3.05, 3.63) is 42.2 Å². The molecule has 0 radical (unpaired) electrons. The van der Waals surface area contributed by atoms with Gasteiger partial charge >= 0.3 is 0 Å². The lowest BCUT2D eigenvalue weighted by Crippen LogP contribution is -2.04. The zero-order valence-electron chi connectivity index (χ0n) is 7.08. The second kappa shape index (κ2) is 3.81. The van der Waals surface area contributed by atoms with Crippen molar-refractivity contribution in [2.45, 2.75) is 13.3 Å². The maximum Gasteiger partial charge on any atom is 0.163 e. The van der Waals surface area contributed by atoms with E-state index in [9.17, 15) is 4.79 Å². The molecule has 0 saturated carbocycles. The normalized spacial score (nSPS) is 9.42. The van der Waals surface area contributed by atoms with E-state index >= 15 is 0 Å². The van der Waals surface area contributed by atoms with Crippen LogP contribution in [-0.4, -0.2) is 10.8 Å². The van der Waals surface area contributed by atoms with Crippen LogP contribution in [0.4, 0.5) is 0 Å². The van der Waals surface area contributed by atoms with Crippen LogP contribution in [0.1, 0.15) is 12.6 Å². The summed E-state index contributed by atoms with van der Waals surface area (Å²) in [5.74, 6) is 0.0497. The van der Waals surface area contributed by atoms with Crippen molar-refractivity contribution >= 4 is 5.78 Å². The van der Waals surface area contributed by atoms with Crippen LogP contribution < -0.4 is 0 Å². The highest BCUT2D eigenvalue weighted by Gasteiger charge is 2.03. The van der Waals surface area contributed by atoms with Gasteiger partial charge in [-0.25, -0.2) is 0 Å². The number of nitrogens with zero attached hydrogens (tertiary/aromatic N) is 1. The summed E-state index contributed by atoms with van der Waals surface area (Å²) in [6, 6.07) is 5.53. The van der Waals surface area contributed by atoms with E-state index in [0.717, 1.165) is 5.69 Å². The van der Waals surface area contributed by atoms with Crippen LogP contribution in [0.3, 0.4) is 0 Å². The molecule has 0 aliphatic rings. The number of allylic oxidation sites excluding steroid dienone is 1. The fourth-order valence-corrected chi connectivity index (χ4v) is 0.818. The Morgan fingerprint density at radius 2 is 2.33 bits per heavy atom. The maximum absolute atomic E-state index is 11.2. The van der Waals surface area contributed by atoms with Gasteiger partial charge in [-0.2, -0.15) is 0 Å². The van der Waals surface area contributed by atoms with Gasteiger partial charge in [-0.15, -0.1) is 0 Å². The highest BCUT2D eigenvalue weighted by molar-refractivity contribution is 5.95. The van der Waals surface area contributed by atoms with Crippen LogP contribution in [0.5, 0.6) is 0 Å². The number of hydrogen-bond donors (Lipinski definition) is 0. The van der Waals surface area contributed by atoms with Gasteiger partial charge in [-0.1, -0.05) is 12.6 Å². The smallest absolute Gasteiger partial charge is 0.163 e. The van der Waals surface area contributed by atoms with Gasteiger partial charge in [0.05, 0.1) is 6.42 Å². The summed E-state index contributed by atoms with van der Waals surface area (Å²) in [5, 5.41) is 0. The van der Waals surface area contributed by atoms with Gasteiger partial charge in [-0.3, -0.25) is 9.78 Å². The summed E-state index contributed by atoms with van der Waals surface area (Å²) in [4.78, 5) is 15.2. The molecule has 62 valence electrons. The second-order valence-corrected chi connectivity index (χ2v) is 2.70. The number of ketones is 1. The molecule has 1 aromatic heterocycles. The first-order valence-electron chi connectivity index (χ1n) is 3.79. The molecule has 0 aliphatic carbocycles. The quantitative estimate of drug-likeness (QED) is 0.632. The lowest BCUT2D eigenvalue weighted by atomic mass is 10.1. The third-order valence-corrected chi connectivity index (χ3v) is 1.54. The summed E-state index contributed by atoms with van der Waals surface area (Å²) in [6.45, 7) is 5.29. The van der Waals surface area contributed by atoms with Crippen molar-refractivity contribution in [2.24, 2.45) is 0 Å². The average molecular weight is 161 g/mol. The molecule has 1 rings (SSSR count). The van der Waals surface area contributed by atoms with Gasteiger partial charge < -0.3 is 0 Å². The third-order valence-electron chi connectivity index (χ3n) is 1.54. The lowest BCUT2D eigenvalue weighted by molar-refractivity contribution is -0.114. The van der Waals surface area contributed by atoms with Gasteiger partial charge in [0, 0.05) is 11.9 Å². The van der Waals surface area contributed by atoms with E-state index in [-0.39, 0.29) is 5.78 Å². The Labute approximate surface area is 71.9 Å². The summed E-state index contributed by atoms with van der Waals surface area (Å²) >= 11 is 0. The summed E-state index contributed by atoms with van der Waals surface area (Å²) in [6.07, 6.45) is 2.04. The highest BCUT2D eigenvalue weighted by Crippen LogP contribution is 1.99. The van der Waals surface area contributed by atoms with E-state index in [1.54, 1.807) is 13.1 Å². The molecule has 1 aromatic rings. The van der Waals surface area contributed by atoms with E-state index in [4.69, 9.17) is 0 Å². The monoisotopic (exact) mass is 161 g/mol. The maximum atomic E-state index is 11.2. The topological polar surface area (TPSA) is 30.0 Å². The SMILES string of the molecule is C=C(C)C(=O)Cc1ccccn1. The molecule has 2 heteroatoms. The number of hydrogen-bond acceptors (Lipinski definition) is 2. The van der Waals surface area contributed by atoms with E-state index in [2.05, 4.69) is 11.6 Å². The number of aromatic nitrogens is 1. The predicted molar refractivity (Wildman–Crippen MR) is 47.8 cm³/mol. The number of carbonyl (C=O) groups excluding carboxylic acids is 1. The molecular formula is C10H11NO. The Morgan fingerprint density at radius 1 is 1.58 bits per heavy atom. The van der Waals surface area contributed by atoms with Gasteiger partial charge in [0.15, 0.2) is 5.78 Å². The molecule has 0 saturated heterocycles. The molecule has 0 fully saturated rings. The average Bonchev–Trinajstić information content (AvgIpc) is 2.06. The van der Waals surface area contributed by atoms with Gasteiger partial charge in [0.25, 0.3) is 0 Å². The van der Waals surface area contributed by atoms with Crippen molar-refractivity contribution in [1.29, 1.82) is 0 Å². The molecular weight excluding hydrogens is 150 g/mol. The predicted octanol–water partition coefficient (Wildman–Crippen LogP) is 1.77. The van der Waals surface area contributed by atoms with Crippen LogP contribution >= 0.6 is 0 Å². The molecule has 0 atom stereocenters. The fourth-order valence-electron chi connectivity index (χ4n) is 0.818. The molecule has 0 spiro atoms. The van der Waals surface area contributed by atoms with Gasteiger partial charge in [0.2, 0.25) is 0 Å². The van der Waals surface area contributed by atoms with E-state index in [1.807, 2.05) is 18.2 Å². The van der Waals surface area contributed by atoms with Crippen molar-refractivity contribution < 1.29 is 4.79 Å². The number of rotatable bonds is 3. The summed E-state index contributed by atoms with van der Waals surface area (Å²) in [7, 11) is 0.